The average molecular weight is 333 g/mol. The van der Waals surface area contributed by atoms with Gasteiger partial charge in [-0.3, -0.25) is 0 Å². The molecule has 0 rings (SSSR count). The third-order valence-corrected chi connectivity index (χ3v) is 3.90. The maximum Gasteiger partial charge on any atom is 0.407 e. The van der Waals surface area contributed by atoms with Gasteiger partial charge in [0.1, 0.15) is 13.2 Å². The van der Waals surface area contributed by atoms with Gasteiger partial charge in [-0.15, -0.1) is 0 Å². The van der Waals surface area contributed by atoms with E-state index >= 15 is 0 Å². The van der Waals surface area contributed by atoms with E-state index in [0.717, 1.165) is 12.5 Å². The molecular weight excluding hydrogens is 306 g/mol. The summed E-state index contributed by atoms with van der Waals surface area (Å²) in [5.41, 5.74) is 0.535. The molecule has 0 bridgehead atoms. The Labute approximate surface area is 134 Å². The Morgan fingerprint density at radius 2 is 1.91 bits per heavy atom. The van der Waals surface area contributed by atoms with Crippen molar-refractivity contribution in [3.8, 4) is 0 Å². The molecule has 0 atom stereocenters. The van der Waals surface area contributed by atoms with Crippen molar-refractivity contribution in [2.75, 3.05) is 40.1 Å². The lowest BCUT2D eigenvalue weighted by Gasteiger charge is -2.08. The summed E-state index contributed by atoms with van der Waals surface area (Å²) < 4.78 is 20.2. The fraction of sp³-hybridized carbons (Fsp3) is 0.714. The molecule has 0 radical (unpaired) electrons. The van der Waals surface area contributed by atoms with E-state index in [1.807, 2.05) is 0 Å². The minimum Gasteiger partial charge on any atom is -0.460 e. The highest BCUT2D eigenvalue weighted by molar-refractivity contribution is 6.26. The summed E-state index contributed by atoms with van der Waals surface area (Å²) in [4.78, 5) is 22.6. The van der Waals surface area contributed by atoms with Crippen molar-refractivity contribution in [1.82, 2.24) is 5.32 Å². The second-order valence-electron chi connectivity index (χ2n) is 4.48. The molecule has 22 heavy (non-hydrogen) atoms. The average Bonchev–Trinajstić information content (AvgIpc) is 2.53. The van der Waals surface area contributed by atoms with Crippen LogP contribution in [-0.4, -0.2) is 61.9 Å². The monoisotopic (exact) mass is 333 g/mol. The molecule has 0 fully saturated rings. The number of hydrogen-bond donors (Lipinski definition) is 1. The summed E-state index contributed by atoms with van der Waals surface area (Å²) in [5, 5.41) is 2.49. The maximum atomic E-state index is 11.3. The number of allylic oxidation sites excluding steroid dienone is 1. The third-order valence-electron chi connectivity index (χ3n) is 2.71. The van der Waals surface area contributed by atoms with E-state index in [-0.39, 0.29) is 35.5 Å². The van der Waals surface area contributed by atoms with Gasteiger partial charge in [-0.2, -0.15) is 0 Å². The van der Waals surface area contributed by atoms with E-state index in [2.05, 4.69) is 5.32 Å². The summed E-state index contributed by atoms with van der Waals surface area (Å²) in [6.07, 6.45) is 2.10. The van der Waals surface area contributed by atoms with Crippen molar-refractivity contribution in [1.29, 1.82) is 0 Å². The molecule has 0 aromatic rings. The Balaban J connectivity index is 3.38. The van der Waals surface area contributed by atoms with E-state index in [4.69, 9.17) is 18.6 Å². The fourth-order valence-corrected chi connectivity index (χ4v) is 2.02. The maximum absolute atomic E-state index is 11.3. The first-order chi connectivity index (χ1) is 10.6. The van der Waals surface area contributed by atoms with Gasteiger partial charge in [0.2, 0.25) is 0 Å². The molecule has 0 heterocycles. The SMILES string of the molecule is CC=C(C)C(=O)OCCNC(=O)OCCOCCC[SiH2]OC. The lowest BCUT2D eigenvalue weighted by atomic mass is 10.3. The zero-order valence-corrected chi connectivity index (χ0v) is 15.1. The van der Waals surface area contributed by atoms with Crippen molar-refractivity contribution < 1.29 is 28.2 Å². The number of esters is 1. The molecule has 0 aliphatic rings. The van der Waals surface area contributed by atoms with Gasteiger partial charge < -0.3 is 24.0 Å². The van der Waals surface area contributed by atoms with Crippen LogP contribution in [0.25, 0.3) is 0 Å². The van der Waals surface area contributed by atoms with Crippen LogP contribution in [0.2, 0.25) is 6.04 Å². The number of ether oxygens (including phenoxy) is 3. The largest absolute Gasteiger partial charge is 0.460 e. The summed E-state index contributed by atoms with van der Waals surface area (Å²) in [7, 11) is 1.35. The zero-order chi connectivity index (χ0) is 16.6. The van der Waals surface area contributed by atoms with E-state index in [1.54, 1.807) is 27.0 Å². The molecule has 1 N–H and O–H groups in total. The van der Waals surface area contributed by atoms with Crippen molar-refractivity contribution >= 4 is 21.8 Å². The number of nitrogens with one attached hydrogen (secondary N) is 1. The van der Waals surface area contributed by atoms with Crippen molar-refractivity contribution in [3.63, 3.8) is 0 Å². The van der Waals surface area contributed by atoms with E-state index in [9.17, 15) is 9.59 Å². The molecule has 0 saturated carbocycles. The van der Waals surface area contributed by atoms with Gasteiger partial charge in [-0.25, -0.2) is 9.59 Å². The standard InChI is InChI=1S/C14H27NO6Si/c1-4-12(2)13(16)20-8-6-15-14(17)21-10-9-19-7-5-11-22-18-3/h4H,5-11,22H2,1-3H3,(H,15,17). The number of carbonyl (C=O) groups is 2. The zero-order valence-electron chi connectivity index (χ0n) is 13.7. The van der Waals surface area contributed by atoms with Crippen LogP contribution in [0.3, 0.4) is 0 Å². The van der Waals surface area contributed by atoms with Crippen LogP contribution in [0, 0.1) is 0 Å². The Hall–Kier alpha value is -1.38. The van der Waals surface area contributed by atoms with Crippen molar-refractivity contribution in [2.24, 2.45) is 0 Å². The third kappa shape index (κ3) is 12.4. The lowest BCUT2D eigenvalue weighted by Crippen LogP contribution is -2.29. The number of carbonyl (C=O) groups excluding carboxylic acids is 2. The van der Waals surface area contributed by atoms with Gasteiger partial charge in [0.15, 0.2) is 9.76 Å². The van der Waals surface area contributed by atoms with E-state index in [0.29, 0.717) is 18.8 Å². The van der Waals surface area contributed by atoms with Gasteiger partial charge in [0, 0.05) is 19.3 Å². The van der Waals surface area contributed by atoms with E-state index in [1.165, 1.54) is 0 Å². The lowest BCUT2D eigenvalue weighted by molar-refractivity contribution is -0.138. The Bertz CT molecular complexity index is 348. The topological polar surface area (TPSA) is 83.1 Å². The minimum atomic E-state index is -0.547. The number of alkyl carbamates (subject to hydrolysis) is 1. The number of hydrogen-bond acceptors (Lipinski definition) is 6. The second-order valence-corrected chi connectivity index (χ2v) is 6.18. The first-order valence-electron chi connectivity index (χ1n) is 7.39. The van der Waals surface area contributed by atoms with Gasteiger partial charge in [-0.1, -0.05) is 6.08 Å². The molecular formula is C14H27NO6Si. The van der Waals surface area contributed by atoms with Crippen LogP contribution < -0.4 is 5.32 Å². The highest BCUT2D eigenvalue weighted by Gasteiger charge is 2.05. The summed E-state index contributed by atoms with van der Waals surface area (Å²) in [5.74, 6) is -0.386. The fourth-order valence-electron chi connectivity index (χ4n) is 1.33. The molecule has 0 unspecified atom stereocenters. The van der Waals surface area contributed by atoms with Crippen molar-refractivity contribution in [2.45, 2.75) is 26.3 Å². The molecule has 128 valence electrons. The van der Waals surface area contributed by atoms with Crippen LogP contribution in [0.1, 0.15) is 20.3 Å². The first-order valence-corrected chi connectivity index (χ1v) is 8.97. The second kappa shape index (κ2) is 14.5. The van der Waals surface area contributed by atoms with Gasteiger partial charge in [0.05, 0.1) is 13.2 Å². The number of rotatable bonds is 12. The first kappa shape index (κ1) is 20.6. The van der Waals surface area contributed by atoms with Gasteiger partial charge in [0.25, 0.3) is 0 Å². The molecule has 1 amide bonds. The minimum absolute atomic E-state index is 0.110. The highest BCUT2D eigenvalue weighted by atomic mass is 28.2. The Morgan fingerprint density at radius 1 is 1.14 bits per heavy atom. The van der Waals surface area contributed by atoms with Crippen LogP contribution in [-0.2, 0) is 23.4 Å². The van der Waals surface area contributed by atoms with Crippen LogP contribution >= 0.6 is 0 Å². The highest BCUT2D eigenvalue weighted by Crippen LogP contribution is 1.95. The Kier molecular flexibility index (Phi) is 13.6. The summed E-state index contributed by atoms with van der Waals surface area (Å²) in [6.45, 7) is 4.97. The Morgan fingerprint density at radius 3 is 2.59 bits per heavy atom. The molecule has 0 spiro atoms. The van der Waals surface area contributed by atoms with Crippen LogP contribution in [0.4, 0.5) is 4.79 Å². The van der Waals surface area contributed by atoms with Gasteiger partial charge >= 0.3 is 12.1 Å². The van der Waals surface area contributed by atoms with Crippen molar-refractivity contribution in [3.05, 3.63) is 11.6 Å². The van der Waals surface area contributed by atoms with Gasteiger partial charge in [-0.05, 0) is 26.3 Å². The molecule has 0 aromatic carbocycles. The molecule has 0 aliphatic heterocycles. The smallest absolute Gasteiger partial charge is 0.407 e. The van der Waals surface area contributed by atoms with Crippen LogP contribution in [0.15, 0.2) is 11.6 Å². The molecule has 0 aliphatic carbocycles. The predicted molar refractivity (Wildman–Crippen MR) is 85.5 cm³/mol. The molecule has 8 heteroatoms. The number of amides is 1. The summed E-state index contributed by atoms with van der Waals surface area (Å²) in [6, 6.07) is 1.09. The quantitative estimate of drug-likeness (QED) is 0.246. The molecule has 0 saturated heterocycles. The van der Waals surface area contributed by atoms with E-state index < -0.39 is 6.09 Å². The van der Waals surface area contributed by atoms with Crippen LogP contribution in [0.5, 0.6) is 0 Å². The normalized spacial score (nSPS) is 11.7. The molecule has 7 nitrogen and oxygen atoms in total. The summed E-state index contributed by atoms with van der Waals surface area (Å²) >= 11 is 0. The predicted octanol–water partition coefficient (Wildman–Crippen LogP) is 0.777. The molecule has 0 aromatic heterocycles.